The van der Waals surface area contributed by atoms with Gasteiger partial charge in [0.1, 0.15) is 0 Å². The van der Waals surface area contributed by atoms with Crippen LogP contribution in [0.5, 0.6) is 0 Å². The van der Waals surface area contributed by atoms with Crippen molar-refractivity contribution in [1.82, 2.24) is 0 Å². The maximum atomic E-state index is 2.74. The zero-order valence-electron chi connectivity index (χ0n) is 14.2. The second-order valence-corrected chi connectivity index (χ2v) is 18.2. The molecule has 0 unspecified atom stereocenters. The van der Waals surface area contributed by atoms with Crippen LogP contribution in [0.4, 0.5) is 0 Å². The highest BCUT2D eigenvalue weighted by Crippen LogP contribution is 2.43. The Labute approximate surface area is 124 Å². The molecule has 0 N–H and O–H groups in total. The molecule has 1 aliphatic heterocycles. The third kappa shape index (κ3) is 5.75. The van der Waals surface area contributed by atoms with Crippen LogP contribution >= 0.6 is 0 Å². The number of rotatable bonds is 11. The van der Waals surface area contributed by atoms with Gasteiger partial charge in [-0.25, -0.2) is 0 Å². The number of hydrogen-bond acceptors (Lipinski definition) is 0. The molecular formula is C17H38Si2. The van der Waals surface area contributed by atoms with Crippen LogP contribution in [-0.2, 0) is 0 Å². The number of hydrogen-bond donors (Lipinski definition) is 0. The minimum atomic E-state index is -0.902. The van der Waals surface area contributed by atoms with Crippen molar-refractivity contribution in [2.75, 3.05) is 0 Å². The summed E-state index contributed by atoms with van der Waals surface area (Å²) in [5.74, 6) is 0. The van der Waals surface area contributed by atoms with Crippen molar-refractivity contribution < 1.29 is 0 Å². The summed E-state index contributed by atoms with van der Waals surface area (Å²) in [6.45, 7) is 9.91. The van der Waals surface area contributed by atoms with E-state index in [1.165, 1.54) is 38.5 Å². The Kier molecular flexibility index (Phi) is 7.97. The normalized spacial score (nSPS) is 18.3. The Balaban J connectivity index is 2.68. The summed E-state index contributed by atoms with van der Waals surface area (Å²) in [7, 11) is -1.62. The van der Waals surface area contributed by atoms with Gasteiger partial charge < -0.3 is 0 Å². The molecular weight excluding hydrogens is 260 g/mol. The van der Waals surface area contributed by atoms with E-state index in [1.807, 2.05) is 0 Å². The first-order valence-corrected chi connectivity index (χ1v) is 15.0. The Morgan fingerprint density at radius 2 is 1.21 bits per heavy atom. The van der Waals surface area contributed by atoms with Crippen LogP contribution in [0.1, 0.15) is 65.7 Å². The van der Waals surface area contributed by atoms with E-state index in [4.69, 9.17) is 0 Å². The van der Waals surface area contributed by atoms with Gasteiger partial charge in [0.15, 0.2) is 0 Å². The van der Waals surface area contributed by atoms with Crippen LogP contribution in [0.2, 0.25) is 42.4 Å². The van der Waals surface area contributed by atoms with E-state index in [0.29, 0.717) is 0 Å². The second kappa shape index (κ2) is 8.66. The van der Waals surface area contributed by atoms with Crippen molar-refractivity contribution in [3.63, 3.8) is 0 Å². The van der Waals surface area contributed by atoms with Gasteiger partial charge in [0, 0.05) is 8.07 Å². The molecule has 0 spiro atoms. The van der Waals surface area contributed by atoms with Crippen LogP contribution in [-0.4, -0.2) is 16.1 Å². The van der Waals surface area contributed by atoms with Gasteiger partial charge in [-0.15, -0.1) is 0 Å². The Morgan fingerprint density at radius 3 is 1.47 bits per heavy atom. The van der Waals surface area contributed by atoms with Crippen molar-refractivity contribution >= 4 is 16.1 Å². The van der Waals surface area contributed by atoms with Crippen molar-refractivity contribution in [3.8, 4) is 0 Å². The monoisotopic (exact) mass is 298 g/mol. The zero-order valence-corrected chi connectivity index (χ0v) is 16.2. The molecule has 0 aromatic rings. The molecule has 0 aromatic heterocycles. The standard InChI is InChI=1S/C17H38Si2/c1-5-8-14-19(15-9-6-2,16-10-7-3)17-18(4)12-11-13-18/h5-17H2,1-4H3. The van der Waals surface area contributed by atoms with Crippen LogP contribution in [0.3, 0.4) is 0 Å². The fourth-order valence-corrected chi connectivity index (χ4v) is 20.6. The predicted molar refractivity (Wildman–Crippen MR) is 95.6 cm³/mol. The topological polar surface area (TPSA) is 0 Å². The lowest BCUT2D eigenvalue weighted by Gasteiger charge is -2.45. The molecule has 2 heteroatoms. The summed E-state index contributed by atoms with van der Waals surface area (Å²) in [5.41, 5.74) is 1.81. The predicted octanol–water partition coefficient (Wildman–Crippen LogP) is 6.86. The molecule has 1 fully saturated rings. The third-order valence-electron chi connectivity index (χ3n) is 5.54. The van der Waals surface area contributed by atoms with E-state index in [9.17, 15) is 0 Å². The van der Waals surface area contributed by atoms with E-state index in [2.05, 4.69) is 27.3 Å². The van der Waals surface area contributed by atoms with Crippen LogP contribution in [0.15, 0.2) is 0 Å². The molecule has 0 atom stereocenters. The summed E-state index contributed by atoms with van der Waals surface area (Å²) in [4.78, 5) is 0. The molecule has 1 rings (SSSR count). The lowest BCUT2D eigenvalue weighted by molar-refractivity contribution is 0.787. The highest BCUT2D eigenvalue weighted by Gasteiger charge is 2.43. The average molecular weight is 299 g/mol. The van der Waals surface area contributed by atoms with Gasteiger partial charge in [-0.1, -0.05) is 108 Å². The van der Waals surface area contributed by atoms with Gasteiger partial charge in [0.25, 0.3) is 0 Å². The number of unbranched alkanes of at least 4 members (excludes halogenated alkanes) is 3. The zero-order chi connectivity index (χ0) is 14.2. The van der Waals surface area contributed by atoms with Crippen molar-refractivity contribution in [2.24, 2.45) is 0 Å². The van der Waals surface area contributed by atoms with Gasteiger partial charge in [0.05, 0.1) is 8.07 Å². The van der Waals surface area contributed by atoms with Gasteiger partial charge >= 0.3 is 0 Å². The minimum absolute atomic E-state index is 0.720. The first kappa shape index (κ1) is 17.5. The quantitative estimate of drug-likeness (QED) is 0.366. The lowest BCUT2D eigenvalue weighted by Crippen LogP contribution is -2.49. The second-order valence-electron chi connectivity index (χ2n) is 7.65. The smallest absolute Gasteiger partial charge is 0.0509 e. The highest BCUT2D eigenvalue weighted by atomic mass is 28.4. The molecule has 19 heavy (non-hydrogen) atoms. The average Bonchev–Trinajstić information content (AvgIpc) is 2.38. The maximum Gasteiger partial charge on any atom is 0.0509 e. The first-order valence-electron chi connectivity index (χ1n) is 9.10. The largest absolute Gasteiger partial charge is 0.0694 e. The molecule has 0 aliphatic carbocycles. The van der Waals surface area contributed by atoms with Crippen molar-refractivity contribution in [3.05, 3.63) is 0 Å². The van der Waals surface area contributed by atoms with E-state index in [1.54, 1.807) is 42.3 Å². The molecule has 0 nitrogen and oxygen atoms in total. The molecule has 0 aromatic carbocycles. The summed E-state index contributed by atoms with van der Waals surface area (Å²) in [5, 5.41) is 0. The highest BCUT2D eigenvalue weighted by molar-refractivity contribution is 6.97. The fraction of sp³-hybridized carbons (Fsp3) is 1.00. The summed E-state index contributed by atoms with van der Waals surface area (Å²) >= 11 is 0. The molecule has 0 amide bonds. The van der Waals surface area contributed by atoms with Crippen molar-refractivity contribution in [2.45, 2.75) is 108 Å². The minimum Gasteiger partial charge on any atom is -0.0694 e. The Bertz CT molecular complexity index is 212. The Morgan fingerprint density at radius 1 is 0.789 bits per heavy atom. The van der Waals surface area contributed by atoms with Crippen LogP contribution in [0.25, 0.3) is 0 Å². The van der Waals surface area contributed by atoms with Gasteiger partial charge in [-0.05, 0) is 0 Å². The van der Waals surface area contributed by atoms with Gasteiger partial charge in [-0.2, -0.15) is 0 Å². The third-order valence-corrected chi connectivity index (χ3v) is 19.3. The van der Waals surface area contributed by atoms with E-state index in [0.717, 1.165) is 0 Å². The first-order chi connectivity index (χ1) is 9.10. The Hall–Kier alpha value is 0.434. The molecule has 1 saturated heterocycles. The van der Waals surface area contributed by atoms with Crippen LogP contribution < -0.4 is 0 Å². The summed E-state index contributed by atoms with van der Waals surface area (Å²) < 4.78 is 0. The summed E-state index contributed by atoms with van der Waals surface area (Å²) in [6, 6.07) is 8.36. The molecule has 0 radical (unpaired) electrons. The summed E-state index contributed by atoms with van der Waals surface area (Å²) in [6.07, 6.45) is 10.4. The molecule has 114 valence electrons. The molecule has 0 bridgehead atoms. The van der Waals surface area contributed by atoms with Crippen molar-refractivity contribution in [1.29, 1.82) is 0 Å². The van der Waals surface area contributed by atoms with Crippen LogP contribution in [0, 0.1) is 0 Å². The van der Waals surface area contributed by atoms with E-state index < -0.39 is 16.1 Å². The van der Waals surface area contributed by atoms with Gasteiger partial charge in [-0.3, -0.25) is 0 Å². The lowest BCUT2D eigenvalue weighted by atomic mass is 10.4. The van der Waals surface area contributed by atoms with Gasteiger partial charge in [0.2, 0.25) is 0 Å². The molecule has 0 saturated carbocycles. The van der Waals surface area contributed by atoms with E-state index >= 15 is 0 Å². The molecule has 1 aliphatic rings. The van der Waals surface area contributed by atoms with E-state index in [-0.39, 0.29) is 0 Å². The molecule has 1 heterocycles. The fourth-order valence-electron chi connectivity index (χ4n) is 4.16. The SMILES string of the molecule is CCCC[Si](CCCC)(CCCC)C[Si]1(C)CCC1. The maximum absolute atomic E-state index is 2.74.